The zero-order valence-electron chi connectivity index (χ0n) is 10.3. The fraction of sp³-hybridized carbons (Fsp3) is 1.00. The molecule has 0 aromatic heterocycles. The van der Waals surface area contributed by atoms with Gasteiger partial charge >= 0.3 is 0 Å². The minimum atomic E-state index is 0.764. The summed E-state index contributed by atoms with van der Waals surface area (Å²) in [5, 5.41) is 3.79. The summed E-state index contributed by atoms with van der Waals surface area (Å²) in [6.45, 7) is 4.90. The maximum atomic E-state index is 3.79. The Kier molecular flexibility index (Phi) is 4.04. The van der Waals surface area contributed by atoms with Gasteiger partial charge in [0.05, 0.1) is 0 Å². The summed E-state index contributed by atoms with van der Waals surface area (Å²) in [5.74, 6) is 0.986. The van der Waals surface area contributed by atoms with Crippen molar-refractivity contribution in [2.24, 2.45) is 5.92 Å². The highest BCUT2D eigenvalue weighted by molar-refractivity contribution is 4.82. The standard InChI is InChI=1S/C13H26N2/c1-11-9-13(7-8-15(11)2)14-10-12-5-3-4-6-12/h11-14H,3-10H2,1-2H3. The van der Waals surface area contributed by atoms with Gasteiger partial charge in [-0.3, -0.25) is 0 Å². The Morgan fingerprint density at radius 3 is 2.60 bits per heavy atom. The molecule has 1 aliphatic heterocycles. The van der Waals surface area contributed by atoms with Crippen molar-refractivity contribution in [2.45, 2.75) is 57.5 Å². The summed E-state index contributed by atoms with van der Waals surface area (Å²) in [5.41, 5.74) is 0. The molecule has 1 N–H and O–H groups in total. The predicted octanol–water partition coefficient (Wildman–Crippen LogP) is 2.25. The highest BCUT2D eigenvalue weighted by atomic mass is 15.1. The zero-order valence-corrected chi connectivity index (χ0v) is 10.3. The molecule has 2 fully saturated rings. The molecule has 2 aliphatic rings. The fourth-order valence-corrected chi connectivity index (χ4v) is 3.02. The van der Waals surface area contributed by atoms with Crippen molar-refractivity contribution in [2.75, 3.05) is 20.1 Å². The largest absolute Gasteiger partial charge is 0.314 e. The minimum Gasteiger partial charge on any atom is -0.314 e. The number of piperidine rings is 1. The van der Waals surface area contributed by atoms with Gasteiger partial charge in [-0.15, -0.1) is 0 Å². The summed E-state index contributed by atoms with van der Waals surface area (Å²) in [6, 6.07) is 1.55. The first kappa shape index (κ1) is 11.4. The Hall–Kier alpha value is -0.0800. The fourth-order valence-electron chi connectivity index (χ4n) is 3.02. The Labute approximate surface area is 94.4 Å². The number of likely N-dealkylation sites (tertiary alicyclic amines) is 1. The van der Waals surface area contributed by atoms with Crippen LogP contribution in [0.3, 0.4) is 0 Å². The van der Waals surface area contributed by atoms with Crippen LogP contribution in [0, 0.1) is 5.92 Å². The minimum absolute atomic E-state index is 0.764. The summed E-state index contributed by atoms with van der Waals surface area (Å²) in [6.07, 6.45) is 8.55. The molecule has 0 amide bonds. The highest BCUT2D eigenvalue weighted by Crippen LogP contribution is 2.24. The lowest BCUT2D eigenvalue weighted by Gasteiger charge is -2.35. The van der Waals surface area contributed by atoms with Crippen LogP contribution in [-0.4, -0.2) is 37.1 Å². The van der Waals surface area contributed by atoms with Crippen molar-refractivity contribution < 1.29 is 0 Å². The summed E-state index contributed by atoms with van der Waals surface area (Å²) in [7, 11) is 2.25. The topological polar surface area (TPSA) is 15.3 Å². The highest BCUT2D eigenvalue weighted by Gasteiger charge is 2.23. The van der Waals surface area contributed by atoms with Gasteiger partial charge in [0.15, 0.2) is 0 Å². The molecular formula is C13H26N2. The van der Waals surface area contributed by atoms with Gasteiger partial charge in [-0.2, -0.15) is 0 Å². The van der Waals surface area contributed by atoms with Crippen molar-refractivity contribution in [1.82, 2.24) is 10.2 Å². The second kappa shape index (κ2) is 5.31. The van der Waals surface area contributed by atoms with Crippen LogP contribution in [-0.2, 0) is 0 Å². The molecular weight excluding hydrogens is 184 g/mol. The van der Waals surface area contributed by atoms with E-state index < -0.39 is 0 Å². The molecule has 2 nitrogen and oxygen atoms in total. The summed E-state index contributed by atoms with van der Waals surface area (Å²) >= 11 is 0. The van der Waals surface area contributed by atoms with Crippen molar-refractivity contribution in [3.63, 3.8) is 0 Å². The third kappa shape index (κ3) is 3.18. The lowest BCUT2D eigenvalue weighted by atomic mass is 9.98. The first-order valence-corrected chi connectivity index (χ1v) is 6.69. The molecule has 2 heteroatoms. The van der Waals surface area contributed by atoms with E-state index in [2.05, 4.69) is 24.2 Å². The van der Waals surface area contributed by atoms with Crippen LogP contribution in [0.4, 0.5) is 0 Å². The van der Waals surface area contributed by atoms with E-state index in [1.807, 2.05) is 0 Å². The lowest BCUT2D eigenvalue weighted by molar-refractivity contribution is 0.166. The quantitative estimate of drug-likeness (QED) is 0.768. The van der Waals surface area contributed by atoms with Gasteiger partial charge in [-0.1, -0.05) is 12.8 Å². The van der Waals surface area contributed by atoms with Crippen LogP contribution in [0.1, 0.15) is 45.4 Å². The van der Waals surface area contributed by atoms with E-state index in [4.69, 9.17) is 0 Å². The molecule has 2 rings (SSSR count). The molecule has 0 spiro atoms. The second-order valence-electron chi connectivity index (χ2n) is 5.61. The van der Waals surface area contributed by atoms with E-state index in [0.29, 0.717) is 0 Å². The molecule has 2 atom stereocenters. The van der Waals surface area contributed by atoms with Crippen LogP contribution in [0.15, 0.2) is 0 Å². The van der Waals surface area contributed by atoms with E-state index in [1.165, 1.54) is 51.6 Å². The van der Waals surface area contributed by atoms with E-state index in [9.17, 15) is 0 Å². The Morgan fingerprint density at radius 1 is 1.20 bits per heavy atom. The molecule has 0 aromatic carbocycles. The average Bonchev–Trinajstić information content (AvgIpc) is 2.73. The third-order valence-electron chi connectivity index (χ3n) is 4.38. The molecule has 0 radical (unpaired) electrons. The monoisotopic (exact) mass is 210 g/mol. The van der Waals surface area contributed by atoms with E-state index in [-0.39, 0.29) is 0 Å². The predicted molar refractivity (Wildman–Crippen MR) is 65.1 cm³/mol. The van der Waals surface area contributed by atoms with Crippen LogP contribution in [0.25, 0.3) is 0 Å². The normalized spacial score (nSPS) is 34.8. The molecule has 15 heavy (non-hydrogen) atoms. The second-order valence-corrected chi connectivity index (χ2v) is 5.61. The van der Waals surface area contributed by atoms with E-state index in [1.54, 1.807) is 0 Å². The molecule has 1 saturated heterocycles. The van der Waals surface area contributed by atoms with Crippen molar-refractivity contribution >= 4 is 0 Å². The van der Waals surface area contributed by atoms with Crippen molar-refractivity contribution in [3.05, 3.63) is 0 Å². The zero-order chi connectivity index (χ0) is 10.7. The van der Waals surface area contributed by atoms with Gasteiger partial charge in [0.25, 0.3) is 0 Å². The van der Waals surface area contributed by atoms with Gasteiger partial charge in [-0.05, 0) is 58.7 Å². The van der Waals surface area contributed by atoms with Crippen molar-refractivity contribution in [1.29, 1.82) is 0 Å². The average molecular weight is 210 g/mol. The Bertz CT molecular complexity index is 187. The van der Waals surface area contributed by atoms with E-state index in [0.717, 1.165) is 18.0 Å². The van der Waals surface area contributed by atoms with Gasteiger partial charge in [0.1, 0.15) is 0 Å². The number of nitrogens with zero attached hydrogens (tertiary/aromatic N) is 1. The molecule has 1 heterocycles. The van der Waals surface area contributed by atoms with Gasteiger partial charge < -0.3 is 10.2 Å². The first-order valence-electron chi connectivity index (χ1n) is 6.69. The Balaban J connectivity index is 1.66. The molecule has 0 aromatic rings. The molecule has 1 saturated carbocycles. The molecule has 88 valence electrons. The van der Waals surface area contributed by atoms with Crippen LogP contribution in [0.2, 0.25) is 0 Å². The number of hydrogen-bond acceptors (Lipinski definition) is 2. The van der Waals surface area contributed by atoms with Gasteiger partial charge in [0.2, 0.25) is 0 Å². The van der Waals surface area contributed by atoms with Crippen LogP contribution in [0.5, 0.6) is 0 Å². The van der Waals surface area contributed by atoms with Crippen LogP contribution < -0.4 is 5.32 Å². The third-order valence-corrected chi connectivity index (χ3v) is 4.38. The van der Waals surface area contributed by atoms with Crippen LogP contribution >= 0.6 is 0 Å². The first-order chi connectivity index (χ1) is 7.25. The maximum absolute atomic E-state index is 3.79. The molecule has 0 bridgehead atoms. The van der Waals surface area contributed by atoms with Gasteiger partial charge in [0, 0.05) is 12.1 Å². The molecule has 1 aliphatic carbocycles. The number of rotatable bonds is 3. The number of nitrogens with one attached hydrogen (secondary N) is 1. The summed E-state index contributed by atoms with van der Waals surface area (Å²) < 4.78 is 0. The number of hydrogen-bond donors (Lipinski definition) is 1. The SMILES string of the molecule is CC1CC(NCC2CCCC2)CCN1C. The Morgan fingerprint density at radius 2 is 1.93 bits per heavy atom. The summed E-state index contributed by atoms with van der Waals surface area (Å²) in [4.78, 5) is 2.48. The van der Waals surface area contributed by atoms with Gasteiger partial charge in [-0.25, -0.2) is 0 Å². The van der Waals surface area contributed by atoms with E-state index >= 15 is 0 Å². The maximum Gasteiger partial charge on any atom is 0.00941 e. The smallest absolute Gasteiger partial charge is 0.00941 e. The molecule has 2 unspecified atom stereocenters. The lowest BCUT2D eigenvalue weighted by Crippen LogP contribution is -2.46. The van der Waals surface area contributed by atoms with Crippen molar-refractivity contribution in [3.8, 4) is 0 Å².